The zero-order valence-electron chi connectivity index (χ0n) is 18.9. The van der Waals surface area contributed by atoms with Gasteiger partial charge in [-0.1, -0.05) is 0 Å². The average molecular weight is 475 g/mol. The van der Waals surface area contributed by atoms with Gasteiger partial charge in [0.2, 0.25) is 11.8 Å². The number of morpholine rings is 1. The van der Waals surface area contributed by atoms with Crippen LogP contribution in [0.25, 0.3) is 11.0 Å². The molecule has 34 heavy (non-hydrogen) atoms. The van der Waals surface area contributed by atoms with Crippen molar-refractivity contribution in [3.63, 3.8) is 0 Å². The lowest BCUT2D eigenvalue weighted by Crippen LogP contribution is -2.37. The summed E-state index contributed by atoms with van der Waals surface area (Å²) in [7, 11) is 0. The van der Waals surface area contributed by atoms with Crippen LogP contribution in [0.15, 0.2) is 27.4 Å². The summed E-state index contributed by atoms with van der Waals surface area (Å²) in [5.41, 5.74) is 6.72. The molecular formula is C24H24F3N3O4. The fourth-order valence-corrected chi connectivity index (χ4v) is 4.23. The van der Waals surface area contributed by atoms with Gasteiger partial charge in [0.1, 0.15) is 5.58 Å². The zero-order chi connectivity index (χ0) is 24.7. The molecular weight excluding hydrogens is 451 g/mol. The molecule has 1 saturated heterocycles. The topological polar surface area (TPSA) is 97.8 Å². The molecule has 1 fully saturated rings. The van der Waals surface area contributed by atoms with Gasteiger partial charge in [-0.15, -0.1) is 0 Å². The molecule has 1 aliphatic heterocycles. The Morgan fingerprint density at radius 2 is 1.71 bits per heavy atom. The highest BCUT2D eigenvalue weighted by molar-refractivity contribution is 6.01. The average Bonchev–Trinajstić information content (AvgIpc) is 2.79. The first kappa shape index (κ1) is 23.6. The quantitative estimate of drug-likeness (QED) is 0.543. The van der Waals surface area contributed by atoms with Crippen molar-refractivity contribution >= 4 is 28.4 Å². The fourth-order valence-electron chi connectivity index (χ4n) is 4.23. The monoisotopic (exact) mass is 475 g/mol. The summed E-state index contributed by atoms with van der Waals surface area (Å²) < 4.78 is 52.5. The summed E-state index contributed by atoms with van der Waals surface area (Å²) in [6.45, 7) is 6.94. The van der Waals surface area contributed by atoms with Gasteiger partial charge in [-0.05, 0) is 32.4 Å². The summed E-state index contributed by atoms with van der Waals surface area (Å²) in [6.07, 6.45) is 0. The normalized spacial score (nSPS) is 14.9. The molecule has 1 amide bonds. The minimum Gasteiger partial charge on any atom is -0.440 e. The number of benzene rings is 2. The maximum atomic E-state index is 13.7. The zero-order valence-corrected chi connectivity index (χ0v) is 18.9. The van der Waals surface area contributed by atoms with Gasteiger partial charge in [-0.2, -0.15) is 0 Å². The van der Waals surface area contributed by atoms with Crippen LogP contribution >= 0.6 is 0 Å². The summed E-state index contributed by atoms with van der Waals surface area (Å²) in [6, 6.07) is 2.43. The van der Waals surface area contributed by atoms with Crippen LogP contribution < -0.4 is 21.4 Å². The van der Waals surface area contributed by atoms with Crippen molar-refractivity contribution in [1.29, 1.82) is 0 Å². The van der Waals surface area contributed by atoms with Crippen LogP contribution in [0.5, 0.6) is 0 Å². The molecule has 4 rings (SSSR count). The Kier molecular flexibility index (Phi) is 6.26. The third kappa shape index (κ3) is 4.09. The van der Waals surface area contributed by atoms with E-state index in [1.165, 1.54) is 6.07 Å². The molecule has 0 bridgehead atoms. The van der Waals surface area contributed by atoms with Crippen molar-refractivity contribution in [3.8, 4) is 0 Å². The van der Waals surface area contributed by atoms with E-state index in [0.717, 1.165) is 12.1 Å². The molecule has 2 heterocycles. The smallest absolute Gasteiger partial charge is 0.249 e. The molecule has 180 valence electrons. The van der Waals surface area contributed by atoms with Crippen molar-refractivity contribution in [2.45, 2.75) is 26.8 Å². The summed E-state index contributed by atoms with van der Waals surface area (Å²) in [5.74, 6) is -4.62. The number of nitrogens with zero attached hydrogens (tertiary/aromatic N) is 1. The molecule has 7 nitrogen and oxygen atoms in total. The van der Waals surface area contributed by atoms with Gasteiger partial charge in [0.05, 0.1) is 30.2 Å². The number of primary amides is 1. The van der Waals surface area contributed by atoms with Gasteiger partial charge in [0.25, 0.3) is 0 Å². The van der Waals surface area contributed by atoms with Crippen molar-refractivity contribution in [2.24, 2.45) is 5.73 Å². The Morgan fingerprint density at radius 3 is 2.29 bits per heavy atom. The van der Waals surface area contributed by atoms with E-state index < -0.39 is 29.4 Å². The molecule has 0 aliphatic carbocycles. The van der Waals surface area contributed by atoms with E-state index >= 15 is 0 Å². The predicted octanol–water partition coefficient (Wildman–Crippen LogP) is 3.94. The second-order valence-corrected chi connectivity index (χ2v) is 8.29. The number of rotatable bonds is 5. The van der Waals surface area contributed by atoms with Gasteiger partial charge >= 0.3 is 0 Å². The Labute approximate surface area is 193 Å². The highest BCUT2D eigenvalue weighted by atomic mass is 19.2. The number of amides is 1. The fraction of sp³-hybridized carbons (Fsp3) is 0.333. The van der Waals surface area contributed by atoms with Crippen LogP contribution in [0.1, 0.15) is 40.0 Å². The first-order chi connectivity index (χ1) is 16.1. The number of nitrogens with two attached hydrogens (primary N) is 1. The Morgan fingerprint density at radius 1 is 1.09 bits per heavy atom. The van der Waals surface area contributed by atoms with Crippen LogP contribution in [0, 0.1) is 31.3 Å². The first-order valence-electron chi connectivity index (χ1n) is 10.7. The standard InChI is InChI=1S/C24H24F3N3O4/c1-11-15(23(28)32)10-16(13(3)29-14-8-17(25)20(27)18(26)9-14)22-19(11)21(31)12(2)24(34-22)30-4-6-33-7-5-30/h8-10,13,29H,4-7H2,1-3H3,(H2,28,32). The lowest BCUT2D eigenvalue weighted by Gasteiger charge is -2.29. The van der Waals surface area contributed by atoms with Crippen LogP contribution in [-0.4, -0.2) is 32.2 Å². The molecule has 1 aromatic heterocycles. The number of nitrogens with one attached hydrogen (secondary N) is 1. The number of halogens is 3. The van der Waals surface area contributed by atoms with E-state index in [1.54, 1.807) is 20.8 Å². The first-order valence-corrected chi connectivity index (χ1v) is 10.7. The summed E-state index contributed by atoms with van der Waals surface area (Å²) >= 11 is 0. The van der Waals surface area contributed by atoms with Gasteiger partial charge < -0.3 is 25.1 Å². The molecule has 3 N–H and O–H groups in total. The van der Waals surface area contributed by atoms with Gasteiger partial charge in [-0.25, -0.2) is 13.2 Å². The van der Waals surface area contributed by atoms with Crippen molar-refractivity contribution in [2.75, 3.05) is 36.5 Å². The Balaban J connectivity index is 1.92. The van der Waals surface area contributed by atoms with E-state index in [0.29, 0.717) is 48.9 Å². The van der Waals surface area contributed by atoms with Gasteiger partial charge in [0, 0.05) is 42.0 Å². The molecule has 1 aliphatic rings. The van der Waals surface area contributed by atoms with Gasteiger partial charge in [0.15, 0.2) is 22.9 Å². The van der Waals surface area contributed by atoms with Crippen LogP contribution in [0.3, 0.4) is 0 Å². The number of ether oxygens (including phenoxy) is 1. The number of aryl methyl sites for hydroxylation is 1. The molecule has 0 spiro atoms. The van der Waals surface area contributed by atoms with Crippen LogP contribution in [0.4, 0.5) is 24.7 Å². The number of anilines is 2. The molecule has 1 unspecified atom stereocenters. The third-order valence-corrected chi connectivity index (χ3v) is 6.05. The summed E-state index contributed by atoms with van der Waals surface area (Å²) in [4.78, 5) is 27.5. The Bertz CT molecular complexity index is 1330. The number of carbonyl (C=O) groups is 1. The second kappa shape index (κ2) is 9.02. The van der Waals surface area contributed by atoms with Gasteiger partial charge in [-0.3, -0.25) is 9.59 Å². The lowest BCUT2D eigenvalue weighted by atomic mass is 9.94. The van der Waals surface area contributed by atoms with E-state index in [-0.39, 0.29) is 27.6 Å². The number of hydrogen-bond acceptors (Lipinski definition) is 6. The highest BCUT2D eigenvalue weighted by Gasteiger charge is 2.26. The Hall–Kier alpha value is -3.53. The SMILES string of the molecule is Cc1c(N2CCOCC2)oc2c(C(C)Nc3cc(F)c(F)c(F)c3)cc(C(N)=O)c(C)c2c1=O. The third-order valence-electron chi connectivity index (χ3n) is 6.05. The minimum absolute atomic E-state index is 0.0267. The predicted molar refractivity (Wildman–Crippen MR) is 122 cm³/mol. The molecule has 0 radical (unpaired) electrons. The lowest BCUT2D eigenvalue weighted by molar-refractivity contribution is 0.0999. The van der Waals surface area contributed by atoms with Crippen molar-refractivity contribution in [3.05, 3.63) is 68.1 Å². The van der Waals surface area contributed by atoms with E-state index in [4.69, 9.17) is 14.9 Å². The number of fused-ring (bicyclic) bond motifs is 1. The number of hydrogen-bond donors (Lipinski definition) is 2. The molecule has 0 saturated carbocycles. The molecule has 10 heteroatoms. The van der Waals surface area contributed by atoms with Crippen molar-refractivity contribution < 1.29 is 27.1 Å². The molecule has 2 aromatic carbocycles. The van der Waals surface area contributed by atoms with Crippen LogP contribution in [-0.2, 0) is 4.74 Å². The molecule has 3 aromatic rings. The molecule has 1 atom stereocenters. The summed E-state index contributed by atoms with van der Waals surface area (Å²) in [5, 5.41) is 3.08. The highest BCUT2D eigenvalue weighted by Crippen LogP contribution is 2.34. The minimum atomic E-state index is -1.58. The maximum Gasteiger partial charge on any atom is 0.249 e. The van der Waals surface area contributed by atoms with E-state index in [9.17, 15) is 22.8 Å². The second-order valence-electron chi connectivity index (χ2n) is 8.29. The van der Waals surface area contributed by atoms with Crippen molar-refractivity contribution in [1.82, 2.24) is 0 Å². The largest absolute Gasteiger partial charge is 0.440 e. The van der Waals surface area contributed by atoms with E-state index in [1.807, 2.05) is 4.90 Å². The maximum absolute atomic E-state index is 13.7. The van der Waals surface area contributed by atoms with Crippen LogP contribution in [0.2, 0.25) is 0 Å². The van der Waals surface area contributed by atoms with E-state index in [2.05, 4.69) is 5.32 Å². The number of carbonyl (C=O) groups excluding carboxylic acids is 1.